The van der Waals surface area contributed by atoms with Crippen molar-refractivity contribution in [1.29, 1.82) is 0 Å². The molecule has 7 nitrogen and oxygen atoms in total. The highest BCUT2D eigenvalue weighted by atomic mass is 35.5. The summed E-state index contributed by atoms with van der Waals surface area (Å²) in [4.78, 5) is 19.8. The topological polar surface area (TPSA) is 65.8 Å². The van der Waals surface area contributed by atoms with Gasteiger partial charge in [-0.05, 0) is 30.5 Å². The number of carbonyl (C=O) groups is 1. The lowest BCUT2D eigenvalue weighted by atomic mass is 9.98. The van der Waals surface area contributed by atoms with Gasteiger partial charge in [-0.1, -0.05) is 23.7 Å². The summed E-state index contributed by atoms with van der Waals surface area (Å²) in [6.45, 7) is 1.51. The summed E-state index contributed by atoms with van der Waals surface area (Å²) in [6, 6.07) is 5.90. The van der Waals surface area contributed by atoms with E-state index in [0.717, 1.165) is 34.8 Å². The molecule has 4 heterocycles. The number of nitrogens with one attached hydrogen (secondary N) is 1. The van der Waals surface area contributed by atoms with E-state index in [1.165, 1.54) is 19.2 Å². The second kappa shape index (κ2) is 8.18. The van der Waals surface area contributed by atoms with E-state index >= 15 is 0 Å². The maximum Gasteiger partial charge on any atom is 0.413 e. The van der Waals surface area contributed by atoms with Crippen molar-refractivity contribution < 1.29 is 18.0 Å². The highest BCUT2D eigenvalue weighted by Gasteiger charge is 2.46. The van der Waals surface area contributed by atoms with E-state index in [1.807, 2.05) is 4.90 Å². The Bertz CT molecular complexity index is 1190. The van der Waals surface area contributed by atoms with Gasteiger partial charge >= 0.3 is 6.18 Å². The smallest absolute Gasteiger partial charge is 0.339 e. The van der Waals surface area contributed by atoms with Crippen LogP contribution in [0.15, 0.2) is 36.5 Å². The van der Waals surface area contributed by atoms with Crippen molar-refractivity contribution in [3.05, 3.63) is 52.9 Å². The number of alkyl halides is 3. The number of rotatable bonds is 4. The molecule has 1 saturated heterocycles. The van der Waals surface area contributed by atoms with E-state index in [-0.39, 0.29) is 5.56 Å². The van der Waals surface area contributed by atoms with E-state index in [0.29, 0.717) is 30.4 Å². The van der Waals surface area contributed by atoms with Crippen LogP contribution in [-0.2, 0) is 11.2 Å². The Kier molecular flexibility index (Phi) is 5.44. The lowest BCUT2D eigenvalue weighted by molar-refractivity contribution is -0.191. The third-order valence-corrected chi connectivity index (χ3v) is 6.50. The Morgan fingerprint density at radius 3 is 2.64 bits per heavy atom. The minimum Gasteiger partial charge on any atom is -0.339 e. The summed E-state index contributed by atoms with van der Waals surface area (Å²) < 4.78 is 43.6. The van der Waals surface area contributed by atoms with Gasteiger partial charge in [-0.2, -0.15) is 18.3 Å². The lowest BCUT2D eigenvalue weighted by Crippen LogP contribution is -2.53. The first kappa shape index (κ1) is 22.0. The van der Waals surface area contributed by atoms with Crippen LogP contribution in [0.2, 0.25) is 5.15 Å². The van der Waals surface area contributed by atoms with Crippen molar-refractivity contribution in [2.75, 3.05) is 31.6 Å². The van der Waals surface area contributed by atoms with Gasteiger partial charge in [0.2, 0.25) is 5.91 Å². The van der Waals surface area contributed by atoms with Gasteiger partial charge in [-0.25, -0.2) is 9.50 Å². The molecule has 0 unspecified atom stereocenters. The Morgan fingerprint density at radius 1 is 1.27 bits per heavy atom. The number of fused-ring (bicyclic) bond motifs is 3. The van der Waals surface area contributed by atoms with Crippen LogP contribution in [-0.4, -0.2) is 58.3 Å². The van der Waals surface area contributed by atoms with Gasteiger partial charge in [0.15, 0.2) is 16.8 Å². The van der Waals surface area contributed by atoms with Crippen molar-refractivity contribution in [1.82, 2.24) is 24.8 Å². The molecule has 1 amide bonds. The molecule has 0 saturated carbocycles. The molecular formula is C22H22ClF3N6O. The SMILES string of the molecule is CN(C(=O)C1CNC1)[C@@H](c1ccc(N2CCCc3c2cnc2cc(Cl)nn32)cc1)C(F)(F)F. The number of aryl methyl sites for hydroxylation is 1. The first-order chi connectivity index (χ1) is 15.7. The van der Waals surface area contributed by atoms with Crippen LogP contribution in [0.4, 0.5) is 24.5 Å². The molecule has 33 heavy (non-hydrogen) atoms. The molecule has 1 N–H and O–H groups in total. The van der Waals surface area contributed by atoms with Crippen molar-refractivity contribution >= 4 is 34.5 Å². The van der Waals surface area contributed by atoms with Crippen molar-refractivity contribution in [2.24, 2.45) is 5.92 Å². The number of halogens is 4. The molecule has 0 radical (unpaired) electrons. The van der Waals surface area contributed by atoms with E-state index in [2.05, 4.69) is 15.4 Å². The zero-order valence-electron chi connectivity index (χ0n) is 17.8. The Labute approximate surface area is 193 Å². The number of benzene rings is 1. The molecule has 0 aliphatic carbocycles. The Hall–Kier alpha value is -2.85. The lowest BCUT2D eigenvalue weighted by Gasteiger charge is -2.36. The van der Waals surface area contributed by atoms with Crippen molar-refractivity contribution in [3.63, 3.8) is 0 Å². The monoisotopic (exact) mass is 478 g/mol. The van der Waals surface area contributed by atoms with Gasteiger partial charge in [0, 0.05) is 38.4 Å². The molecule has 5 rings (SSSR count). The number of carbonyl (C=O) groups excluding carboxylic acids is 1. The summed E-state index contributed by atoms with van der Waals surface area (Å²) in [5, 5.41) is 7.59. The summed E-state index contributed by atoms with van der Waals surface area (Å²) in [7, 11) is 1.22. The maximum absolute atomic E-state index is 14.0. The number of hydrogen-bond acceptors (Lipinski definition) is 5. The third-order valence-electron chi connectivity index (χ3n) is 6.31. The van der Waals surface area contributed by atoms with Crippen LogP contribution >= 0.6 is 11.6 Å². The average Bonchev–Trinajstić information content (AvgIpc) is 3.12. The van der Waals surface area contributed by atoms with Gasteiger partial charge in [0.05, 0.1) is 23.5 Å². The zero-order chi connectivity index (χ0) is 23.3. The average molecular weight is 479 g/mol. The van der Waals surface area contributed by atoms with Crippen LogP contribution in [0.3, 0.4) is 0 Å². The summed E-state index contributed by atoms with van der Waals surface area (Å²) in [5.74, 6) is -0.915. The molecule has 1 aromatic carbocycles. The predicted molar refractivity (Wildman–Crippen MR) is 118 cm³/mol. The molecule has 1 atom stereocenters. The van der Waals surface area contributed by atoms with Gasteiger partial charge in [-0.3, -0.25) is 4.79 Å². The minimum atomic E-state index is -4.59. The normalized spacial score (nSPS) is 17.5. The molecule has 2 aliphatic heterocycles. The molecular weight excluding hydrogens is 457 g/mol. The number of nitrogens with zero attached hydrogens (tertiary/aromatic N) is 5. The molecule has 0 spiro atoms. The maximum atomic E-state index is 14.0. The molecule has 174 valence electrons. The highest BCUT2D eigenvalue weighted by Crippen LogP contribution is 2.40. The largest absolute Gasteiger partial charge is 0.413 e. The van der Waals surface area contributed by atoms with Gasteiger partial charge in [0.1, 0.15) is 0 Å². The quantitative estimate of drug-likeness (QED) is 0.618. The second-order valence-corrected chi connectivity index (χ2v) is 8.81. The van der Waals surface area contributed by atoms with Crippen LogP contribution in [0, 0.1) is 5.92 Å². The summed E-state index contributed by atoms with van der Waals surface area (Å²) >= 11 is 6.03. The van der Waals surface area contributed by atoms with Crippen LogP contribution in [0.5, 0.6) is 0 Å². The van der Waals surface area contributed by atoms with E-state index < -0.39 is 24.0 Å². The molecule has 2 aliphatic rings. The fraction of sp³-hybridized carbons (Fsp3) is 0.409. The van der Waals surface area contributed by atoms with E-state index in [4.69, 9.17) is 11.6 Å². The molecule has 0 bridgehead atoms. The minimum absolute atomic E-state index is 0.0269. The number of aromatic nitrogens is 3. The standard InChI is InChI=1S/C22H22ClF3N6O/c1-30(21(33)14-10-27-11-14)20(22(24,25)26)13-4-6-15(7-5-13)31-8-2-3-16-17(31)12-28-19-9-18(23)29-32(16)19/h4-7,9,12,14,20,27H,2-3,8,10-11H2,1H3/t20-/m0/s1. The fourth-order valence-corrected chi connectivity index (χ4v) is 4.72. The predicted octanol–water partition coefficient (Wildman–Crippen LogP) is 3.75. The summed E-state index contributed by atoms with van der Waals surface area (Å²) in [5.41, 5.74) is 3.22. The highest BCUT2D eigenvalue weighted by molar-refractivity contribution is 6.29. The Balaban J connectivity index is 1.45. The van der Waals surface area contributed by atoms with Crippen LogP contribution < -0.4 is 10.2 Å². The molecule has 1 fully saturated rings. The molecule has 11 heteroatoms. The van der Waals surface area contributed by atoms with Gasteiger partial charge < -0.3 is 15.1 Å². The Morgan fingerprint density at radius 2 is 2.00 bits per heavy atom. The molecule has 3 aromatic rings. The van der Waals surface area contributed by atoms with Gasteiger partial charge in [0.25, 0.3) is 0 Å². The fourth-order valence-electron chi connectivity index (χ4n) is 4.54. The van der Waals surface area contributed by atoms with Crippen LogP contribution in [0.25, 0.3) is 5.65 Å². The number of anilines is 2. The van der Waals surface area contributed by atoms with Gasteiger partial charge in [-0.15, -0.1) is 0 Å². The van der Waals surface area contributed by atoms with E-state index in [9.17, 15) is 18.0 Å². The first-order valence-electron chi connectivity index (χ1n) is 10.7. The molecule has 2 aromatic heterocycles. The summed E-state index contributed by atoms with van der Waals surface area (Å²) in [6.07, 6.45) is -1.20. The first-order valence-corrected chi connectivity index (χ1v) is 11.1. The van der Waals surface area contributed by atoms with Crippen molar-refractivity contribution in [2.45, 2.75) is 25.1 Å². The zero-order valence-corrected chi connectivity index (χ0v) is 18.6. The third kappa shape index (κ3) is 3.91. The second-order valence-electron chi connectivity index (χ2n) is 8.42. The van der Waals surface area contributed by atoms with E-state index in [1.54, 1.807) is 28.9 Å². The number of hydrogen-bond donors (Lipinski definition) is 1. The number of amides is 1. The van der Waals surface area contributed by atoms with Crippen molar-refractivity contribution in [3.8, 4) is 0 Å². The van der Waals surface area contributed by atoms with Crippen LogP contribution in [0.1, 0.15) is 23.7 Å².